The molecule has 0 aliphatic heterocycles. The Bertz CT molecular complexity index is 771. The highest BCUT2D eigenvalue weighted by molar-refractivity contribution is 5.95. The SMILES string of the molecule is COCCNC(=O)CCN(Cc1ccc(F)cc1)C(=O)c1cc(C)oc1C. The van der Waals surface area contributed by atoms with Crippen LogP contribution in [-0.2, 0) is 16.1 Å². The van der Waals surface area contributed by atoms with Crippen LogP contribution in [0.25, 0.3) is 0 Å². The lowest BCUT2D eigenvalue weighted by atomic mass is 10.1. The van der Waals surface area contributed by atoms with Gasteiger partial charge in [-0.3, -0.25) is 9.59 Å². The lowest BCUT2D eigenvalue weighted by Crippen LogP contribution is -2.35. The van der Waals surface area contributed by atoms with Gasteiger partial charge in [0.15, 0.2) is 0 Å². The minimum atomic E-state index is -0.338. The third-order valence-corrected chi connectivity index (χ3v) is 4.08. The number of carbonyl (C=O) groups is 2. The normalized spacial score (nSPS) is 10.7. The quantitative estimate of drug-likeness (QED) is 0.683. The molecule has 1 aromatic heterocycles. The summed E-state index contributed by atoms with van der Waals surface area (Å²) in [6.45, 7) is 4.86. The fraction of sp³-hybridized carbons (Fsp3) is 0.400. The molecule has 7 heteroatoms. The van der Waals surface area contributed by atoms with E-state index in [9.17, 15) is 14.0 Å². The molecule has 2 rings (SSSR count). The molecule has 0 unspecified atom stereocenters. The number of aryl methyl sites for hydroxylation is 2. The number of carbonyl (C=O) groups excluding carboxylic acids is 2. The predicted octanol–water partition coefficient (Wildman–Crippen LogP) is 2.83. The van der Waals surface area contributed by atoms with Crippen molar-refractivity contribution in [3.05, 3.63) is 58.8 Å². The standard InChI is InChI=1S/C20H25FN2O4/c1-14-12-18(15(2)27-14)20(25)23(10-8-19(24)22-9-11-26-3)13-16-4-6-17(21)7-5-16/h4-7,12H,8-11,13H2,1-3H3,(H,22,24). The molecule has 0 aliphatic rings. The molecule has 0 fully saturated rings. The summed E-state index contributed by atoms with van der Waals surface area (Å²) in [7, 11) is 1.56. The Morgan fingerprint density at radius 2 is 1.93 bits per heavy atom. The summed E-state index contributed by atoms with van der Waals surface area (Å²) < 4.78 is 23.5. The average Bonchev–Trinajstić information content (AvgIpc) is 2.98. The highest BCUT2D eigenvalue weighted by Crippen LogP contribution is 2.18. The van der Waals surface area contributed by atoms with E-state index in [-0.39, 0.29) is 37.1 Å². The van der Waals surface area contributed by atoms with Crippen molar-refractivity contribution in [1.82, 2.24) is 10.2 Å². The van der Waals surface area contributed by atoms with Crippen LogP contribution < -0.4 is 5.32 Å². The zero-order valence-electron chi connectivity index (χ0n) is 15.9. The van der Waals surface area contributed by atoms with E-state index >= 15 is 0 Å². The number of benzene rings is 1. The number of ether oxygens (including phenoxy) is 1. The van der Waals surface area contributed by atoms with Gasteiger partial charge in [-0.2, -0.15) is 0 Å². The summed E-state index contributed by atoms with van der Waals surface area (Å²) in [6.07, 6.45) is 0.159. The summed E-state index contributed by atoms with van der Waals surface area (Å²) in [5, 5.41) is 2.73. The first-order valence-electron chi connectivity index (χ1n) is 8.77. The van der Waals surface area contributed by atoms with E-state index in [1.165, 1.54) is 12.1 Å². The molecule has 1 N–H and O–H groups in total. The van der Waals surface area contributed by atoms with Gasteiger partial charge in [-0.1, -0.05) is 12.1 Å². The van der Waals surface area contributed by atoms with Gasteiger partial charge in [-0.25, -0.2) is 4.39 Å². The monoisotopic (exact) mass is 376 g/mol. The van der Waals surface area contributed by atoms with Crippen molar-refractivity contribution in [3.8, 4) is 0 Å². The summed E-state index contributed by atoms with van der Waals surface area (Å²) in [4.78, 5) is 26.5. The zero-order chi connectivity index (χ0) is 19.8. The molecule has 0 saturated carbocycles. The second kappa shape index (κ2) is 9.87. The first-order valence-corrected chi connectivity index (χ1v) is 8.77. The Balaban J connectivity index is 2.10. The molecule has 2 amide bonds. The van der Waals surface area contributed by atoms with Crippen molar-refractivity contribution in [2.24, 2.45) is 0 Å². The molecule has 0 spiro atoms. The Morgan fingerprint density at radius 1 is 1.22 bits per heavy atom. The number of amides is 2. The van der Waals surface area contributed by atoms with Gasteiger partial charge in [0, 0.05) is 33.2 Å². The maximum absolute atomic E-state index is 13.1. The third kappa shape index (κ3) is 6.21. The second-order valence-corrected chi connectivity index (χ2v) is 6.27. The van der Waals surface area contributed by atoms with E-state index in [1.807, 2.05) is 0 Å². The number of nitrogens with one attached hydrogen (secondary N) is 1. The molecule has 2 aromatic rings. The fourth-order valence-electron chi connectivity index (χ4n) is 2.69. The Morgan fingerprint density at radius 3 is 2.52 bits per heavy atom. The van der Waals surface area contributed by atoms with Crippen molar-refractivity contribution in [3.63, 3.8) is 0 Å². The molecule has 146 valence electrons. The van der Waals surface area contributed by atoms with E-state index in [4.69, 9.17) is 9.15 Å². The molecule has 1 heterocycles. The van der Waals surface area contributed by atoms with Gasteiger partial charge in [0.2, 0.25) is 5.91 Å². The van der Waals surface area contributed by atoms with Crippen LogP contribution in [0.2, 0.25) is 0 Å². The number of methoxy groups -OCH3 is 1. The molecule has 0 atom stereocenters. The summed E-state index contributed by atoms with van der Waals surface area (Å²) in [5.41, 5.74) is 1.25. The first-order chi connectivity index (χ1) is 12.9. The topological polar surface area (TPSA) is 71.8 Å². The largest absolute Gasteiger partial charge is 0.466 e. The smallest absolute Gasteiger partial charge is 0.257 e. The van der Waals surface area contributed by atoms with Gasteiger partial charge in [-0.05, 0) is 37.6 Å². The van der Waals surface area contributed by atoms with Crippen LogP contribution in [0, 0.1) is 19.7 Å². The van der Waals surface area contributed by atoms with Crippen molar-refractivity contribution < 1.29 is 23.1 Å². The lowest BCUT2D eigenvalue weighted by Gasteiger charge is -2.22. The fourth-order valence-corrected chi connectivity index (χ4v) is 2.69. The molecular formula is C20H25FN2O4. The number of nitrogens with zero attached hydrogens (tertiary/aromatic N) is 1. The van der Waals surface area contributed by atoms with Crippen LogP contribution >= 0.6 is 0 Å². The van der Waals surface area contributed by atoms with Crippen molar-refractivity contribution in [1.29, 1.82) is 0 Å². The maximum Gasteiger partial charge on any atom is 0.257 e. The van der Waals surface area contributed by atoms with Gasteiger partial charge >= 0.3 is 0 Å². The van der Waals surface area contributed by atoms with E-state index in [2.05, 4.69) is 5.32 Å². The highest BCUT2D eigenvalue weighted by atomic mass is 19.1. The van der Waals surface area contributed by atoms with Crippen molar-refractivity contribution >= 4 is 11.8 Å². The number of hydrogen-bond donors (Lipinski definition) is 1. The number of hydrogen-bond acceptors (Lipinski definition) is 4. The van der Waals surface area contributed by atoms with Crippen molar-refractivity contribution in [2.45, 2.75) is 26.8 Å². The molecule has 0 bridgehead atoms. The summed E-state index contributed by atoms with van der Waals surface area (Å²) >= 11 is 0. The van der Waals surface area contributed by atoms with Crippen LogP contribution in [0.15, 0.2) is 34.7 Å². The lowest BCUT2D eigenvalue weighted by molar-refractivity contribution is -0.121. The van der Waals surface area contributed by atoms with E-state index in [0.717, 1.165) is 5.56 Å². The van der Waals surface area contributed by atoms with Crippen LogP contribution in [0.3, 0.4) is 0 Å². The van der Waals surface area contributed by atoms with Crippen LogP contribution in [0.5, 0.6) is 0 Å². The Hall–Kier alpha value is -2.67. The summed E-state index contributed by atoms with van der Waals surface area (Å²) in [5.74, 6) is 0.457. The summed E-state index contributed by atoms with van der Waals surface area (Å²) in [6, 6.07) is 7.64. The second-order valence-electron chi connectivity index (χ2n) is 6.27. The Kier molecular flexibility index (Phi) is 7.55. The molecule has 0 radical (unpaired) electrons. The average molecular weight is 376 g/mol. The molecule has 0 aliphatic carbocycles. The Labute approximate surface area is 158 Å². The van der Waals surface area contributed by atoms with Gasteiger partial charge < -0.3 is 19.4 Å². The molecule has 0 saturated heterocycles. The van der Waals surface area contributed by atoms with Crippen LogP contribution in [0.4, 0.5) is 4.39 Å². The molecule has 6 nitrogen and oxygen atoms in total. The van der Waals surface area contributed by atoms with E-state index < -0.39 is 0 Å². The van der Waals surface area contributed by atoms with Gasteiger partial charge in [0.25, 0.3) is 5.91 Å². The molecular weight excluding hydrogens is 351 g/mol. The molecule has 27 heavy (non-hydrogen) atoms. The van der Waals surface area contributed by atoms with Crippen LogP contribution in [-0.4, -0.2) is 43.5 Å². The van der Waals surface area contributed by atoms with Gasteiger partial charge in [0.05, 0.1) is 12.2 Å². The number of halogens is 1. The van der Waals surface area contributed by atoms with Crippen molar-refractivity contribution in [2.75, 3.05) is 26.8 Å². The third-order valence-electron chi connectivity index (χ3n) is 4.08. The van der Waals surface area contributed by atoms with E-state index in [0.29, 0.717) is 30.2 Å². The predicted molar refractivity (Wildman–Crippen MR) is 98.8 cm³/mol. The van der Waals surface area contributed by atoms with E-state index in [1.54, 1.807) is 44.1 Å². The maximum atomic E-state index is 13.1. The van der Waals surface area contributed by atoms with Crippen LogP contribution in [0.1, 0.15) is 33.9 Å². The molecule has 1 aromatic carbocycles. The minimum absolute atomic E-state index is 0.159. The number of rotatable bonds is 9. The number of furan rings is 1. The first kappa shape index (κ1) is 20.6. The minimum Gasteiger partial charge on any atom is -0.466 e. The highest BCUT2D eigenvalue weighted by Gasteiger charge is 2.21. The van der Waals surface area contributed by atoms with Gasteiger partial charge in [-0.15, -0.1) is 0 Å². The van der Waals surface area contributed by atoms with Gasteiger partial charge in [0.1, 0.15) is 17.3 Å². The zero-order valence-corrected chi connectivity index (χ0v) is 15.9.